The molecule has 210 valence electrons. The molecule has 1 saturated carbocycles. The van der Waals surface area contributed by atoms with Crippen LogP contribution in [0.15, 0.2) is 41.3 Å². The molecule has 0 bridgehead atoms. The number of phenolic OH excluding ortho intramolecular Hbond substituents is 1. The van der Waals surface area contributed by atoms with Crippen LogP contribution in [0.25, 0.3) is 0 Å². The monoisotopic (exact) mass is 604 g/mol. The lowest BCUT2D eigenvalue weighted by molar-refractivity contribution is -0.141. The fourth-order valence-electron chi connectivity index (χ4n) is 6.98. The second-order valence-corrected chi connectivity index (χ2v) is 12.9. The quantitative estimate of drug-likeness (QED) is 0.315. The van der Waals surface area contributed by atoms with E-state index in [-0.39, 0.29) is 48.4 Å². The van der Waals surface area contributed by atoms with E-state index in [1.54, 1.807) is 0 Å². The van der Waals surface area contributed by atoms with Crippen LogP contribution in [0.3, 0.4) is 0 Å². The topological polar surface area (TPSA) is 113 Å². The number of carbonyl (C=O) groups is 4. The number of alkyl halides is 2. The van der Waals surface area contributed by atoms with Gasteiger partial charge in [-0.05, 0) is 47.9 Å². The van der Waals surface area contributed by atoms with Gasteiger partial charge >= 0.3 is 0 Å². The predicted molar refractivity (Wildman–Crippen MR) is 147 cm³/mol. The zero-order valence-electron chi connectivity index (χ0n) is 21.9. The van der Waals surface area contributed by atoms with E-state index in [9.17, 15) is 24.3 Å². The fraction of sp³-hybridized carbons (Fsp3) is 0.429. The average Bonchev–Trinajstić information content (AvgIpc) is 3.58. The minimum absolute atomic E-state index is 0.0746. The maximum atomic E-state index is 13.9. The van der Waals surface area contributed by atoms with Crippen LogP contribution in [0.4, 0.5) is 0 Å². The highest BCUT2D eigenvalue weighted by Gasteiger charge is 2.75. The standard InChI is InChI=1S/C28H26Cl2N2O7S/c1-31-25(36)27(29)11-17-15(6-7-16-20(17)24(35)32(23(16)34)12-14-5-4-8-40-14)21(28(27,30)26(31)37)13-9-18(38-2)22(33)19(10-13)39-3/h4-6,8-10,16-17,20-21,33H,7,11-12H2,1-3H3. The number of likely N-dealkylation sites (tertiary alicyclic amines) is 2. The van der Waals surface area contributed by atoms with Gasteiger partial charge in [0, 0.05) is 17.8 Å². The summed E-state index contributed by atoms with van der Waals surface area (Å²) < 4.78 is 10.7. The number of phenols is 1. The molecule has 3 fully saturated rings. The second-order valence-electron chi connectivity index (χ2n) is 10.6. The zero-order valence-corrected chi connectivity index (χ0v) is 24.2. The zero-order chi connectivity index (χ0) is 28.7. The molecule has 6 unspecified atom stereocenters. The molecular weight excluding hydrogens is 579 g/mol. The van der Waals surface area contributed by atoms with Gasteiger partial charge in [-0.1, -0.05) is 17.7 Å². The highest BCUT2D eigenvalue weighted by atomic mass is 35.5. The molecule has 6 atom stereocenters. The summed E-state index contributed by atoms with van der Waals surface area (Å²) in [5.74, 6) is -5.00. The lowest BCUT2D eigenvalue weighted by atomic mass is 9.56. The molecule has 2 aliphatic carbocycles. The van der Waals surface area contributed by atoms with Crippen LogP contribution < -0.4 is 9.47 Å². The Morgan fingerprint density at radius 1 is 1.05 bits per heavy atom. The number of halogens is 2. The summed E-state index contributed by atoms with van der Waals surface area (Å²) in [6.07, 6.45) is 2.04. The highest BCUT2D eigenvalue weighted by Crippen LogP contribution is 2.65. The van der Waals surface area contributed by atoms with Crippen molar-refractivity contribution in [2.75, 3.05) is 21.3 Å². The molecule has 2 aliphatic heterocycles. The minimum atomic E-state index is -1.94. The van der Waals surface area contributed by atoms with Gasteiger partial charge in [-0.15, -0.1) is 34.5 Å². The van der Waals surface area contributed by atoms with E-state index in [0.717, 1.165) is 9.78 Å². The number of rotatable bonds is 5. The molecule has 40 heavy (non-hydrogen) atoms. The van der Waals surface area contributed by atoms with Gasteiger partial charge in [0.25, 0.3) is 11.8 Å². The Kier molecular flexibility index (Phi) is 6.25. The Hall–Kier alpha value is -3.08. The first kappa shape index (κ1) is 27.1. The molecule has 4 amide bonds. The summed E-state index contributed by atoms with van der Waals surface area (Å²) in [5, 5.41) is 12.4. The summed E-state index contributed by atoms with van der Waals surface area (Å²) in [6, 6.07) is 6.79. The van der Waals surface area contributed by atoms with Crippen LogP contribution in [0.5, 0.6) is 17.2 Å². The van der Waals surface area contributed by atoms with Crippen molar-refractivity contribution in [3.05, 3.63) is 51.7 Å². The van der Waals surface area contributed by atoms with Gasteiger partial charge in [0.2, 0.25) is 17.6 Å². The molecule has 1 aromatic carbocycles. The highest BCUT2D eigenvalue weighted by molar-refractivity contribution is 7.09. The number of aromatic hydroxyl groups is 1. The van der Waals surface area contributed by atoms with Gasteiger partial charge in [0.05, 0.1) is 32.6 Å². The largest absolute Gasteiger partial charge is 0.502 e. The van der Waals surface area contributed by atoms with Crippen molar-refractivity contribution in [2.45, 2.75) is 35.1 Å². The normalized spacial score (nSPS) is 33.1. The number of carbonyl (C=O) groups excluding carboxylic acids is 4. The third kappa shape index (κ3) is 3.39. The molecule has 0 spiro atoms. The van der Waals surface area contributed by atoms with Gasteiger partial charge in [0.1, 0.15) is 0 Å². The number of methoxy groups -OCH3 is 2. The lowest BCUT2D eigenvalue weighted by Gasteiger charge is -2.50. The van der Waals surface area contributed by atoms with Crippen molar-refractivity contribution in [3.8, 4) is 17.2 Å². The van der Waals surface area contributed by atoms with Crippen LogP contribution in [-0.4, -0.2) is 69.6 Å². The predicted octanol–water partition coefficient (Wildman–Crippen LogP) is 3.66. The SMILES string of the molecule is COc1cc(C2C3=CCC4C(=O)N(Cc5cccs5)C(=O)C4C3CC3(Cl)C(=O)N(C)C(=O)C23Cl)cc(OC)c1O. The number of thiophene rings is 1. The first-order chi connectivity index (χ1) is 19.0. The van der Waals surface area contributed by atoms with E-state index in [1.165, 1.54) is 49.6 Å². The van der Waals surface area contributed by atoms with Gasteiger partial charge in [-0.25, -0.2) is 0 Å². The van der Waals surface area contributed by atoms with Crippen LogP contribution >= 0.6 is 34.5 Å². The van der Waals surface area contributed by atoms with Gasteiger partial charge in [-0.3, -0.25) is 29.0 Å². The fourth-order valence-corrected chi connectivity index (χ4v) is 8.69. The van der Waals surface area contributed by atoms with Crippen molar-refractivity contribution in [1.29, 1.82) is 0 Å². The third-order valence-corrected chi connectivity index (χ3v) is 11.1. The maximum absolute atomic E-state index is 13.9. The van der Waals surface area contributed by atoms with E-state index in [0.29, 0.717) is 11.1 Å². The summed E-state index contributed by atoms with van der Waals surface area (Å²) in [5.41, 5.74) is 1.07. The minimum Gasteiger partial charge on any atom is -0.502 e. The molecule has 1 aromatic heterocycles. The van der Waals surface area contributed by atoms with Gasteiger partial charge in [-0.2, -0.15) is 0 Å². The molecule has 9 nitrogen and oxygen atoms in total. The summed E-state index contributed by atoms with van der Waals surface area (Å²) in [6.45, 7) is 0.172. The van der Waals surface area contributed by atoms with E-state index in [4.69, 9.17) is 32.7 Å². The molecule has 2 aromatic rings. The van der Waals surface area contributed by atoms with Crippen LogP contribution in [0, 0.1) is 17.8 Å². The molecule has 0 radical (unpaired) electrons. The number of hydrogen-bond acceptors (Lipinski definition) is 8. The molecule has 6 rings (SSSR count). The number of benzene rings is 1. The summed E-state index contributed by atoms with van der Waals surface area (Å²) in [4.78, 5) is 53.9. The van der Waals surface area contributed by atoms with E-state index in [2.05, 4.69) is 0 Å². The van der Waals surface area contributed by atoms with Crippen molar-refractivity contribution in [1.82, 2.24) is 9.80 Å². The Balaban J connectivity index is 1.52. The van der Waals surface area contributed by atoms with E-state index >= 15 is 0 Å². The van der Waals surface area contributed by atoms with Crippen LogP contribution in [-0.2, 0) is 25.7 Å². The number of imide groups is 2. The second kappa shape index (κ2) is 9.22. The number of amides is 4. The number of allylic oxidation sites excluding steroid dienone is 2. The van der Waals surface area contributed by atoms with Crippen molar-refractivity contribution in [3.63, 3.8) is 0 Å². The average molecular weight is 605 g/mol. The van der Waals surface area contributed by atoms with Crippen LogP contribution in [0.1, 0.15) is 29.2 Å². The third-order valence-electron chi connectivity index (χ3n) is 8.84. The molecular formula is C28H26Cl2N2O7S. The van der Waals surface area contributed by atoms with Crippen LogP contribution in [0.2, 0.25) is 0 Å². The molecule has 3 heterocycles. The molecule has 1 N–H and O–H groups in total. The van der Waals surface area contributed by atoms with Crippen molar-refractivity contribution >= 4 is 58.2 Å². The number of fused-ring (bicyclic) bond motifs is 4. The number of nitrogens with zero attached hydrogens (tertiary/aromatic N) is 2. The first-order valence-corrected chi connectivity index (χ1v) is 14.4. The smallest absolute Gasteiger partial charge is 0.253 e. The lowest BCUT2D eigenvalue weighted by Crippen LogP contribution is -2.60. The molecule has 12 heteroatoms. The Morgan fingerprint density at radius 3 is 2.33 bits per heavy atom. The Labute approximate surface area is 244 Å². The van der Waals surface area contributed by atoms with Crippen molar-refractivity contribution in [2.24, 2.45) is 17.8 Å². The Bertz CT molecular complexity index is 1470. The van der Waals surface area contributed by atoms with Crippen molar-refractivity contribution < 1.29 is 33.8 Å². The number of ether oxygens (including phenoxy) is 2. The molecule has 2 saturated heterocycles. The molecule has 4 aliphatic rings. The first-order valence-electron chi connectivity index (χ1n) is 12.7. The summed E-state index contributed by atoms with van der Waals surface area (Å²) >= 11 is 15.8. The summed E-state index contributed by atoms with van der Waals surface area (Å²) in [7, 11) is 4.08. The van der Waals surface area contributed by atoms with Gasteiger partial charge < -0.3 is 14.6 Å². The van der Waals surface area contributed by atoms with E-state index < -0.39 is 45.2 Å². The van der Waals surface area contributed by atoms with Gasteiger partial charge in [0.15, 0.2) is 21.2 Å². The Morgan fingerprint density at radius 2 is 1.73 bits per heavy atom. The maximum Gasteiger partial charge on any atom is 0.253 e. The van der Waals surface area contributed by atoms with E-state index in [1.807, 2.05) is 23.6 Å². The number of hydrogen-bond donors (Lipinski definition) is 1.